The highest BCUT2D eigenvalue weighted by atomic mass is 16.2. The second kappa shape index (κ2) is 6.24. The largest absolute Gasteiger partial charge is 0.334 e. The van der Waals surface area contributed by atoms with E-state index in [4.69, 9.17) is 0 Å². The van der Waals surface area contributed by atoms with Gasteiger partial charge in [0, 0.05) is 54.8 Å². The number of pyridine rings is 1. The van der Waals surface area contributed by atoms with Crippen LogP contribution in [0.25, 0.3) is 11.3 Å². The van der Waals surface area contributed by atoms with Gasteiger partial charge >= 0.3 is 6.03 Å². The van der Waals surface area contributed by atoms with Gasteiger partial charge in [0.2, 0.25) is 0 Å². The fourth-order valence-electron chi connectivity index (χ4n) is 3.54. The lowest BCUT2D eigenvalue weighted by molar-refractivity contribution is 0.188. The zero-order valence-corrected chi connectivity index (χ0v) is 13.8. The molecule has 0 saturated carbocycles. The zero-order valence-electron chi connectivity index (χ0n) is 13.8. The smallest absolute Gasteiger partial charge is 0.317 e. The molecule has 4 heterocycles. The molecule has 0 aromatic carbocycles. The van der Waals surface area contributed by atoms with Gasteiger partial charge in [-0.15, -0.1) is 0 Å². The summed E-state index contributed by atoms with van der Waals surface area (Å²) < 4.78 is 0. The van der Waals surface area contributed by atoms with Gasteiger partial charge in [-0.2, -0.15) is 5.10 Å². The second-order valence-electron chi connectivity index (χ2n) is 6.63. The number of carbonyl (C=O) groups excluding carboxylic acids is 1. The normalized spacial score (nSPS) is 20.9. The van der Waals surface area contributed by atoms with Crippen LogP contribution in [0.5, 0.6) is 0 Å². The molecule has 1 fully saturated rings. The van der Waals surface area contributed by atoms with Crippen molar-refractivity contribution in [3.05, 3.63) is 35.8 Å². The van der Waals surface area contributed by atoms with Crippen LogP contribution in [0.1, 0.15) is 17.7 Å². The summed E-state index contributed by atoms with van der Waals surface area (Å²) in [7, 11) is 2.09. The molecule has 2 amide bonds. The fourth-order valence-corrected chi connectivity index (χ4v) is 3.54. The molecule has 24 heavy (non-hydrogen) atoms. The summed E-state index contributed by atoms with van der Waals surface area (Å²) >= 11 is 0. The van der Waals surface area contributed by atoms with Crippen molar-refractivity contribution in [1.82, 2.24) is 30.3 Å². The summed E-state index contributed by atoms with van der Waals surface area (Å²) in [6, 6.07) is 4.18. The Hall–Kier alpha value is -2.41. The van der Waals surface area contributed by atoms with E-state index in [-0.39, 0.29) is 12.1 Å². The first-order valence-electron chi connectivity index (χ1n) is 8.41. The third kappa shape index (κ3) is 2.87. The van der Waals surface area contributed by atoms with Crippen LogP contribution in [0.3, 0.4) is 0 Å². The SMILES string of the molecule is CN1CC[C@H](NC(=O)N2CCc3[nH]nc(-c4ccncc4)c3C2)C1. The van der Waals surface area contributed by atoms with E-state index >= 15 is 0 Å². The molecule has 0 unspecified atom stereocenters. The van der Waals surface area contributed by atoms with Crippen LogP contribution >= 0.6 is 0 Å². The van der Waals surface area contributed by atoms with Crippen LogP contribution in [-0.4, -0.2) is 63.7 Å². The molecule has 2 N–H and O–H groups in total. The van der Waals surface area contributed by atoms with Crippen LogP contribution in [-0.2, 0) is 13.0 Å². The number of H-pyrrole nitrogens is 1. The maximum atomic E-state index is 12.6. The third-order valence-electron chi connectivity index (χ3n) is 4.89. The molecular formula is C17H22N6O. The molecule has 2 aromatic rings. The number of hydrogen-bond acceptors (Lipinski definition) is 4. The maximum Gasteiger partial charge on any atom is 0.317 e. The number of carbonyl (C=O) groups is 1. The highest BCUT2D eigenvalue weighted by Crippen LogP contribution is 2.28. The van der Waals surface area contributed by atoms with Crippen molar-refractivity contribution >= 4 is 6.03 Å². The minimum atomic E-state index is 0.0304. The molecule has 0 spiro atoms. The van der Waals surface area contributed by atoms with Gasteiger partial charge in [0.15, 0.2) is 0 Å². The Labute approximate surface area is 141 Å². The van der Waals surface area contributed by atoms with Crippen LogP contribution in [0.15, 0.2) is 24.5 Å². The molecule has 1 atom stereocenters. The first kappa shape index (κ1) is 15.1. The van der Waals surface area contributed by atoms with Crippen molar-refractivity contribution in [3.8, 4) is 11.3 Å². The summed E-state index contributed by atoms with van der Waals surface area (Å²) in [5.41, 5.74) is 4.20. The van der Waals surface area contributed by atoms with Crippen molar-refractivity contribution in [2.24, 2.45) is 0 Å². The lowest BCUT2D eigenvalue weighted by atomic mass is 10.0. The molecule has 4 rings (SSSR count). The van der Waals surface area contributed by atoms with E-state index in [0.29, 0.717) is 6.54 Å². The predicted octanol–water partition coefficient (Wildman–Crippen LogP) is 1.24. The van der Waals surface area contributed by atoms with E-state index in [0.717, 1.165) is 55.0 Å². The Balaban J connectivity index is 1.49. The van der Waals surface area contributed by atoms with Gasteiger partial charge in [0.25, 0.3) is 0 Å². The first-order chi connectivity index (χ1) is 11.7. The van der Waals surface area contributed by atoms with E-state index < -0.39 is 0 Å². The molecule has 2 aromatic heterocycles. The van der Waals surface area contributed by atoms with Crippen LogP contribution in [0.4, 0.5) is 4.79 Å². The number of fused-ring (bicyclic) bond motifs is 1. The second-order valence-corrected chi connectivity index (χ2v) is 6.63. The number of hydrogen-bond donors (Lipinski definition) is 2. The lowest BCUT2D eigenvalue weighted by Gasteiger charge is -2.28. The highest BCUT2D eigenvalue weighted by Gasteiger charge is 2.28. The quantitative estimate of drug-likeness (QED) is 0.870. The Kier molecular flexibility index (Phi) is 3.93. The predicted molar refractivity (Wildman–Crippen MR) is 90.4 cm³/mol. The van der Waals surface area contributed by atoms with Gasteiger partial charge in [-0.05, 0) is 32.1 Å². The van der Waals surface area contributed by atoms with E-state index in [9.17, 15) is 4.79 Å². The molecule has 0 radical (unpaired) electrons. The number of nitrogens with zero attached hydrogens (tertiary/aromatic N) is 4. The Bertz CT molecular complexity index is 728. The van der Waals surface area contributed by atoms with Crippen molar-refractivity contribution in [2.45, 2.75) is 25.4 Å². The van der Waals surface area contributed by atoms with Gasteiger partial charge < -0.3 is 15.1 Å². The minimum absolute atomic E-state index is 0.0304. The van der Waals surface area contributed by atoms with E-state index in [1.54, 1.807) is 12.4 Å². The number of rotatable bonds is 2. The molecule has 0 aliphatic carbocycles. The molecule has 126 valence electrons. The monoisotopic (exact) mass is 326 g/mol. The standard InChI is InChI=1S/C17H22N6O/c1-22-8-4-13(10-22)19-17(24)23-9-5-15-14(11-23)16(21-20-15)12-2-6-18-7-3-12/h2-3,6-7,13H,4-5,8-11H2,1H3,(H,19,24)(H,20,21)/t13-/m0/s1. The molecule has 2 aliphatic rings. The molecule has 7 nitrogen and oxygen atoms in total. The Morgan fingerprint density at radius 1 is 1.33 bits per heavy atom. The number of aromatic amines is 1. The number of likely N-dealkylation sites (tertiary alicyclic amines) is 1. The van der Waals surface area contributed by atoms with Gasteiger partial charge in [-0.25, -0.2) is 4.79 Å². The van der Waals surface area contributed by atoms with Gasteiger partial charge in [-0.1, -0.05) is 0 Å². The minimum Gasteiger partial charge on any atom is -0.334 e. The molecular weight excluding hydrogens is 304 g/mol. The highest BCUT2D eigenvalue weighted by molar-refractivity contribution is 5.76. The number of nitrogens with one attached hydrogen (secondary N) is 2. The Morgan fingerprint density at radius 3 is 2.92 bits per heavy atom. The van der Waals surface area contributed by atoms with Crippen molar-refractivity contribution in [2.75, 3.05) is 26.7 Å². The average molecular weight is 326 g/mol. The van der Waals surface area contributed by atoms with Crippen LogP contribution in [0, 0.1) is 0 Å². The number of amides is 2. The molecule has 2 aliphatic heterocycles. The summed E-state index contributed by atoms with van der Waals surface area (Å²) in [5, 5.41) is 10.8. The zero-order chi connectivity index (χ0) is 16.5. The summed E-state index contributed by atoms with van der Waals surface area (Å²) in [6.07, 6.45) is 5.36. The first-order valence-corrected chi connectivity index (χ1v) is 8.41. The van der Waals surface area contributed by atoms with Gasteiger partial charge in [0.05, 0.1) is 12.2 Å². The van der Waals surface area contributed by atoms with Crippen LogP contribution in [0.2, 0.25) is 0 Å². The summed E-state index contributed by atoms with van der Waals surface area (Å²) in [5.74, 6) is 0. The van der Waals surface area contributed by atoms with E-state index in [1.165, 1.54) is 0 Å². The lowest BCUT2D eigenvalue weighted by Crippen LogP contribution is -2.47. The molecule has 0 bridgehead atoms. The van der Waals surface area contributed by atoms with E-state index in [2.05, 4.69) is 32.4 Å². The summed E-state index contributed by atoms with van der Waals surface area (Å²) in [4.78, 5) is 20.8. The Morgan fingerprint density at radius 2 is 2.17 bits per heavy atom. The number of urea groups is 1. The van der Waals surface area contributed by atoms with Crippen molar-refractivity contribution in [1.29, 1.82) is 0 Å². The van der Waals surface area contributed by atoms with Crippen LogP contribution < -0.4 is 5.32 Å². The van der Waals surface area contributed by atoms with Crippen molar-refractivity contribution < 1.29 is 4.79 Å². The van der Waals surface area contributed by atoms with Gasteiger partial charge in [0.1, 0.15) is 0 Å². The topological polar surface area (TPSA) is 77.2 Å². The van der Waals surface area contributed by atoms with Crippen molar-refractivity contribution in [3.63, 3.8) is 0 Å². The molecule has 7 heteroatoms. The number of aromatic nitrogens is 3. The maximum absolute atomic E-state index is 12.6. The average Bonchev–Trinajstić information content (AvgIpc) is 3.21. The summed E-state index contributed by atoms with van der Waals surface area (Å²) in [6.45, 7) is 3.29. The third-order valence-corrected chi connectivity index (χ3v) is 4.89. The number of likely N-dealkylation sites (N-methyl/N-ethyl adjacent to an activating group) is 1. The van der Waals surface area contributed by atoms with Gasteiger partial charge in [-0.3, -0.25) is 10.1 Å². The van der Waals surface area contributed by atoms with E-state index in [1.807, 2.05) is 17.0 Å². The molecule has 1 saturated heterocycles. The fraction of sp³-hybridized carbons (Fsp3) is 0.471.